The predicted molar refractivity (Wildman–Crippen MR) is 48.7 cm³/mol. The van der Waals surface area contributed by atoms with E-state index in [4.69, 9.17) is 9.47 Å². The normalized spacial score (nSPS) is 16.1. The van der Waals surface area contributed by atoms with Gasteiger partial charge in [0, 0.05) is 6.08 Å². The minimum Gasteiger partial charge on any atom is -0.461 e. The molecule has 0 unspecified atom stereocenters. The second kappa shape index (κ2) is 5.26. The van der Waals surface area contributed by atoms with Gasteiger partial charge in [-0.1, -0.05) is 6.08 Å². The molecule has 0 N–H and O–H groups in total. The summed E-state index contributed by atoms with van der Waals surface area (Å²) >= 11 is 0. The minimum atomic E-state index is -0.389. The Labute approximate surface area is 82.3 Å². The number of rotatable bonds is 4. The number of carbonyl (C=O) groups excluding carboxylic acids is 2. The van der Waals surface area contributed by atoms with Crippen molar-refractivity contribution in [2.75, 3.05) is 26.3 Å². The van der Waals surface area contributed by atoms with Gasteiger partial charge in [0.15, 0.2) is 0 Å². The third-order valence-corrected chi connectivity index (χ3v) is 1.75. The molecule has 1 heterocycles. The van der Waals surface area contributed by atoms with Crippen molar-refractivity contribution in [1.29, 1.82) is 0 Å². The number of carbonyl (C=O) groups is 2. The molecule has 1 aliphatic heterocycles. The number of esters is 1. The van der Waals surface area contributed by atoms with Crippen LogP contribution in [0.1, 0.15) is 6.92 Å². The van der Waals surface area contributed by atoms with E-state index in [1.54, 1.807) is 13.0 Å². The molecule has 0 radical (unpaired) electrons. The maximum absolute atomic E-state index is 10.9. The molecule has 78 valence electrons. The SMILES string of the molecule is C/C=C/C(=O)OCCN1CCOC1=O. The fourth-order valence-corrected chi connectivity index (χ4v) is 1.07. The molecule has 0 atom stereocenters. The van der Waals surface area contributed by atoms with Crippen LogP contribution in [0, 0.1) is 0 Å². The lowest BCUT2D eigenvalue weighted by Crippen LogP contribution is -2.28. The van der Waals surface area contributed by atoms with Crippen molar-refractivity contribution in [3.63, 3.8) is 0 Å². The Morgan fingerprint density at radius 1 is 1.71 bits per heavy atom. The van der Waals surface area contributed by atoms with Crippen LogP contribution in [0.15, 0.2) is 12.2 Å². The molecule has 1 amide bonds. The molecule has 0 aliphatic carbocycles. The number of cyclic esters (lactones) is 1. The molecule has 1 saturated heterocycles. The van der Waals surface area contributed by atoms with Crippen LogP contribution < -0.4 is 0 Å². The van der Waals surface area contributed by atoms with E-state index in [0.29, 0.717) is 19.7 Å². The van der Waals surface area contributed by atoms with E-state index in [0.717, 1.165) is 0 Å². The van der Waals surface area contributed by atoms with Crippen LogP contribution in [0.3, 0.4) is 0 Å². The molecular formula is C9H13NO4. The van der Waals surface area contributed by atoms with Crippen molar-refractivity contribution < 1.29 is 19.1 Å². The van der Waals surface area contributed by atoms with Crippen LogP contribution in [0.5, 0.6) is 0 Å². The smallest absolute Gasteiger partial charge is 0.410 e. The summed E-state index contributed by atoms with van der Waals surface area (Å²) in [5.74, 6) is -0.389. The summed E-state index contributed by atoms with van der Waals surface area (Å²) in [5.41, 5.74) is 0. The number of allylic oxidation sites excluding steroid dienone is 1. The lowest BCUT2D eigenvalue weighted by atomic mass is 10.5. The van der Waals surface area contributed by atoms with Gasteiger partial charge in [-0.15, -0.1) is 0 Å². The number of nitrogens with zero attached hydrogens (tertiary/aromatic N) is 1. The van der Waals surface area contributed by atoms with Crippen molar-refractivity contribution >= 4 is 12.1 Å². The van der Waals surface area contributed by atoms with E-state index >= 15 is 0 Å². The van der Waals surface area contributed by atoms with Crippen molar-refractivity contribution in [2.24, 2.45) is 0 Å². The van der Waals surface area contributed by atoms with Gasteiger partial charge in [-0.05, 0) is 6.92 Å². The van der Waals surface area contributed by atoms with Gasteiger partial charge in [-0.2, -0.15) is 0 Å². The second-order valence-corrected chi connectivity index (χ2v) is 2.77. The van der Waals surface area contributed by atoms with Gasteiger partial charge >= 0.3 is 12.1 Å². The summed E-state index contributed by atoms with van der Waals surface area (Å²) in [5, 5.41) is 0. The van der Waals surface area contributed by atoms with E-state index in [-0.39, 0.29) is 18.7 Å². The molecule has 5 nitrogen and oxygen atoms in total. The quantitative estimate of drug-likeness (QED) is 0.490. The minimum absolute atomic E-state index is 0.207. The Morgan fingerprint density at radius 2 is 2.50 bits per heavy atom. The molecule has 1 fully saturated rings. The van der Waals surface area contributed by atoms with Crippen LogP contribution >= 0.6 is 0 Å². The Morgan fingerprint density at radius 3 is 3.07 bits per heavy atom. The number of amides is 1. The molecule has 0 aromatic carbocycles. The highest BCUT2D eigenvalue weighted by molar-refractivity contribution is 5.81. The third kappa shape index (κ3) is 3.08. The molecule has 5 heteroatoms. The summed E-state index contributed by atoms with van der Waals surface area (Å²) in [6.45, 7) is 3.32. The molecule has 0 aromatic rings. The van der Waals surface area contributed by atoms with Crippen LogP contribution in [-0.4, -0.2) is 43.3 Å². The Balaban J connectivity index is 2.15. The summed E-state index contributed by atoms with van der Waals surface area (Å²) in [7, 11) is 0. The fraction of sp³-hybridized carbons (Fsp3) is 0.556. The highest BCUT2D eigenvalue weighted by atomic mass is 16.6. The van der Waals surface area contributed by atoms with Crippen LogP contribution in [0.4, 0.5) is 4.79 Å². The topological polar surface area (TPSA) is 55.8 Å². The molecule has 0 saturated carbocycles. The van der Waals surface area contributed by atoms with Crippen molar-refractivity contribution in [3.8, 4) is 0 Å². The van der Waals surface area contributed by atoms with Crippen LogP contribution in [0.25, 0.3) is 0 Å². The second-order valence-electron chi connectivity index (χ2n) is 2.77. The van der Waals surface area contributed by atoms with Crippen molar-refractivity contribution in [3.05, 3.63) is 12.2 Å². The van der Waals surface area contributed by atoms with Gasteiger partial charge in [-0.3, -0.25) is 0 Å². The lowest BCUT2D eigenvalue weighted by Gasteiger charge is -2.11. The molecule has 0 bridgehead atoms. The largest absolute Gasteiger partial charge is 0.461 e. The monoisotopic (exact) mass is 199 g/mol. The van der Waals surface area contributed by atoms with Gasteiger partial charge in [0.1, 0.15) is 13.2 Å². The van der Waals surface area contributed by atoms with Gasteiger partial charge in [0.05, 0.1) is 13.1 Å². The van der Waals surface area contributed by atoms with Gasteiger partial charge in [-0.25, -0.2) is 9.59 Å². The van der Waals surface area contributed by atoms with Gasteiger partial charge in [0.25, 0.3) is 0 Å². The summed E-state index contributed by atoms with van der Waals surface area (Å²) < 4.78 is 9.52. The average molecular weight is 199 g/mol. The zero-order valence-corrected chi connectivity index (χ0v) is 8.06. The van der Waals surface area contributed by atoms with E-state index in [9.17, 15) is 9.59 Å². The average Bonchev–Trinajstić information content (AvgIpc) is 2.52. The van der Waals surface area contributed by atoms with Gasteiger partial charge < -0.3 is 14.4 Å². The number of hydrogen-bond acceptors (Lipinski definition) is 4. The Hall–Kier alpha value is -1.52. The first-order valence-corrected chi connectivity index (χ1v) is 4.45. The van der Waals surface area contributed by atoms with Crippen molar-refractivity contribution in [2.45, 2.75) is 6.92 Å². The summed E-state index contributed by atoms with van der Waals surface area (Å²) in [6.07, 6.45) is 2.60. The maximum Gasteiger partial charge on any atom is 0.410 e. The zero-order chi connectivity index (χ0) is 10.4. The van der Waals surface area contributed by atoms with E-state index in [2.05, 4.69) is 0 Å². The third-order valence-electron chi connectivity index (χ3n) is 1.75. The number of hydrogen-bond donors (Lipinski definition) is 0. The van der Waals surface area contributed by atoms with Crippen LogP contribution in [0.2, 0.25) is 0 Å². The summed E-state index contributed by atoms with van der Waals surface area (Å²) in [4.78, 5) is 23.3. The first-order chi connectivity index (χ1) is 6.74. The highest BCUT2D eigenvalue weighted by Crippen LogP contribution is 2.01. The first-order valence-electron chi connectivity index (χ1n) is 4.45. The molecule has 1 aliphatic rings. The predicted octanol–water partition coefficient (Wildman–Crippen LogP) is 0.558. The molecule has 14 heavy (non-hydrogen) atoms. The highest BCUT2D eigenvalue weighted by Gasteiger charge is 2.21. The molecule has 0 aromatic heterocycles. The summed E-state index contributed by atoms with van der Waals surface area (Å²) in [6, 6.07) is 0. The van der Waals surface area contributed by atoms with Crippen molar-refractivity contribution in [1.82, 2.24) is 4.90 Å². The Kier molecular flexibility index (Phi) is 3.97. The number of ether oxygens (including phenoxy) is 2. The Bertz CT molecular complexity index is 249. The lowest BCUT2D eigenvalue weighted by molar-refractivity contribution is -0.138. The molecule has 1 rings (SSSR count). The molecular weight excluding hydrogens is 186 g/mol. The standard InChI is InChI=1S/C9H13NO4/c1-2-3-8(11)13-6-4-10-5-7-14-9(10)12/h2-3H,4-7H2,1H3/b3-2+. The van der Waals surface area contributed by atoms with E-state index < -0.39 is 0 Å². The van der Waals surface area contributed by atoms with Gasteiger partial charge in [0.2, 0.25) is 0 Å². The van der Waals surface area contributed by atoms with E-state index in [1.165, 1.54) is 11.0 Å². The zero-order valence-electron chi connectivity index (χ0n) is 8.06. The first kappa shape index (κ1) is 10.6. The maximum atomic E-state index is 10.9. The fourth-order valence-electron chi connectivity index (χ4n) is 1.07. The van der Waals surface area contributed by atoms with Crippen LogP contribution in [-0.2, 0) is 14.3 Å². The molecule has 0 spiro atoms. The van der Waals surface area contributed by atoms with E-state index in [1.807, 2.05) is 0 Å².